The molecule has 0 aromatic heterocycles. The lowest BCUT2D eigenvalue weighted by atomic mass is 9.83. The number of thiol groups is 1. The molecular weight excluding hydrogens is 206 g/mol. The van der Waals surface area contributed by atoms with Gasteiger partial charge in [0.15, 0.2) is 0 Å². The number of ether oxygens (including phenoxy) is 1. The van der Waals surface area contributed by atoms with Crippen molar-refractivity contribution >= 4 is 12.6 Å². The van der Waals surface area contributed by atoms with Crippen molar-refractivity contribution < 1.29 is 4.74 Å². The van der Waals surface area contributed by atoms with Crippen molar-refractivity contribution in [3.63, 3.8) is 0 Å². The molecule has 3 heteroatoms. The second-order valence-corrected chi connectivity index (χ2v) is 4.90. The fourth-order valence-corrected chi connectivity index (χ4v) is 2.35. The number of methoxy groups -OCH3 is 1. The van der Waals surface area contributed by atoms with Crippen molar-refractivity contribution in [2.45, 2.75) is 39.7 Å². The Morgan fingerprint density at radius 1 is 1.33 bits per heavy atom. The molecule has 0 spiro atoms. The van der Waals surface area contributed by atoms with Crippen molar-refractivity contribution in [1.82, 2.24) is 4.90 Å². The molecule has 1 unspecified atom stereocenters. The summed E-state index contributed by atoms with van der Waals surface area (Å²) in [7, 11) is 3.93. The summed E-state index contributed by atoms with van der Waals surface area (Å²) in [6.07, 6.45) is 2.38. The van der Waals surface area contributed by atoms with Gasteiger partial charge in [0.1, 0.15) is 0 Å². The van der Waals surface area contributed by atoms with E-state index in [-0.39, 0.29) is 0 Å². The predicted octanol–water partition coefficient (Wildman–Crippen LogP) is 2.69. The Balaban J connectivity index is 4.27. The first-order chi connectivity index (χ1) is 7.05. The van der Waals surface area contributed by atoms with Gasteiger partial charge in [-0.1, -0.05) is 13.8 Å². The Bertz CT molecular complexity index is 151. The van der Waals surface area contributed by atoms with Crippen LogP contribution in [0.25, 0.3) is 0 Å². The summed E-state index contributed by atoms with van der Waals surface area (Å²) in [5, 5.41) is 0. The fourth-order valence-electron chi connectivity index (χ4n) is 1.80. The van der Waals surface area contributed by atoms with Crippen molar-refractivity contribution in [3.8, 4) is 0 Å². The number of likely N-dealkylation sites (N-methyl/N-ethyl adjacent to an activating group) is 1. The molecule has 1 atom stereocenters. The summed E-state index contributed by atoms with van der Waals surface area (Å²) in [4.78, 5) is 2.38. The molecule has 15 heavy (non-hydrogen) atoms. The SMILES string of the molecule is CCC(CC)(CS)CN(C)C(C)COC. The van der Waals surface area contributed by atoms with E-state index in [2.05, 4.69) is 45.3 Å². The molecule has 0 heterocycles. The second-order valence-electron chi connectivity index (χ2n) is 4.58. The Morgan fingerprint density at radius 3 is 2.20 bits per heavy atom. The second kappa shape index (κ2) is 7.53. The molecule has 0 saturated carbocycles. The third-order valence-corrected chi connectivity index (χ3v) is 4.25. The fraction of sp³-hybridized carbons (Fsp3) is 1.00. The van der Waals surface area contributed by atoms with Crippen LogP contribution in [0.15, 0.2) is 0 Å². The third-order valence-electron chi connectivity index (χ3n) is 3.58. The zero-order chi connectivity index (χ0) is 11.9. The van der Waals surface area contributed by atoms with E-state index in [1.807, 2.05) is 0 Å². The maximum absolute atomic E-state index is 5.18. The van der Waals surface area contributed by atoms with E-state index in [1.165, 1.54) is 12.8 Å². The molecule has 0 aliphatic rings. The van der Waals surface area contributed by atoms with Crippen LogP contribution in [0.1, 0.15) is 33.6 Å². The summed E-state index contributed by atoms with van der Waals surface area (Å²) < 4.78 is 5.18. The van der Waals surface area contributed by atoms with Gasteiger partial charge in [-0.25, -0.2) is 0 Å². The number of rotatable bonds is 8. The van der Waals surface area contributed by atoms with E-state index < -0.39 is 0 Å². The largest absolute Gasteiger partial charge is 0.383 e. The monoisotopic (exact) mass is 233 g/mol. The molecular formula is C12H27NOS. The molecule has 0 amide bonds. The average molecular weight is 233 g/mol. The Morgan fingerprint density at radius 2 is 1.87 bits per heavy atom. The van der Waals surface area contributed by atoms with Crippen molar-refractivity contribution in [2.75, 3.05) is 33.1 Å². The number of hydrogen-bond acceptors (Lipinski definition) is 3. The molecule has 0 rings (SSSR count). The van der Waals surface area contributed by atoms with Gasteiger partial charge in [0.2, 0.25) is 0 Å². The summed E-state index contributed by atoms with van der Waals surface area (Å²) in [5.41, 5.74) is 0.361. The molecule has 0 saturated heterocycles. The van der Waals surface area contributed by atoms with Crippen molar-refractivity contribution in [2.24, 2.45) is 5.41 Å². The molecule has 0 fully saturated rings. The molecule has 0 N–H and O–H groups in total. The highest BCUT2D eigenvalue weighted by Crippen LogP contribution is 2.29. The standard InChI is InChI=1S/C12H27NOS/c1-6-12(7-2,10-15)9-13(4)11(3)8-14-5/h11,15H,6-10H2,1-5H3. The third kappa shape index (κ3) is 4.75. The van der Waals surface area contributed by atoms with E-state index in [1.54, 1.807) is 7.11 Å². The number of nitrogens with zero attached hydrogens (tertiary/aromatic N) is 1. The zero-order valence-corrected chi connectivity index (χ0v) is 11.8. The molecule has 92 valence electrons. The minimum atomic E-state index is 0.361. The lowest BCUT2D eigenvalue weighted by Gasteiger charge is -2.37. The van der Waals surface area contributed by atoms with Gasteiger partial charge in [-0.05, 0) is 38.0 Å². The molecule has 0 bridgehead atoms. The van der Waals surface area contributed by atoms with Crippen LogP contribution in [0.2, 0.25) is 0 Å². The quantitative estimate of drug-likeness (QED) is 0.647. The number of hydrogen-bond donors (Lipinski definition) is 1. The Kier molecular flexibility index (Phi) is 7.66. The van der Waals surface area contributed by atoms with Gasteiger partial charge in [-0.2, -0.15) is 12.6 Å². The molecule has 0 radical (unpaired) electrons. The Hall–Kier alpha value is 0.270. The van der Waals surface area contributed by atoms with Crippen molar-refractivity contribution in [1.29, 1.82) is 0 Å². The van der Waals surface area contributed by atoms with E-state index >= 15 is 0 Å². The van der Waals surface area contributed by atoms with Crippen LogP contribution in [0.5, 0.6) is 0 Å². The van der Waals surface area contributed by atoms with E-state index in [9.17, 15) is 0 Å². The summed E-state index contributed by atoms with van der Waals surface area (Å²) >= 11 is 4.50. The first kappa shape index (κ1) is 15.3. The molecule has 0 aromatic rings. The first-order valence-corrected chi connectivity index (χ1v) is 6.48. The topological polar surface area (TPSA) is 12.5 Å². The highest BCUT2D eigenvalue weighted by Gasteiger charge is 2.27. The lowest BCUT2D eigenvalue weighted by molar-refractivity contribution is 0.0843. The minimum absolute atomic E-state index is 0.361. The van der Waals surface area contributed by atoms with Gasteiger partial charge in [-0.15, -0.1) is 0 Å². The van der Waals surface area contributed by atoms with Gasteiger partial charge in [0.25, 0.3) is 0 Å². The van der Waals surface area contributed by atoms with Gasteiger partial charge >= 0.3 is 0 Å². The average Bonchev–Trinajstić information content (AvgIpc) is 2.26. The highest BCUT2D eigenvalue weighted by molar-refractivity contribution is 7.80. The zero-order valence-electron chi connectivity index (χ0n) is 10.9. The van der Waals surface area contributed by atoms with E-state index in [0.29, 0.717) is 11.5 Å². The summed E-state index contributed by atoms with van der Waals surface area (Å²) in [5.74, 6) is 0.962. The highest BCUT2D eigenvalue weighted by atomic mass is 32.1. The molecule has 0 aromatic carbocycles. The lowest BCUT2D eigenvalue weighted by Crippen LogP contribution is -2.42. The molecule has 2 nitrogen and oxygen atoms in total. The van der Waals surface area contributed by atoms with E-state index in [4.69, 9.17) is 4.74 Å². The van der Waals surface area contributed by atoms with Crippen molar-refractivity contribution in [3.05, 3.63) is 0 Å². The van der Waals surface area contributed by atoms with Crippen LogP contribution in [-0.2, 0) is 4.74 Å². The smallest absolute Gasteiger partial charge is 0.0615 e. The van der Waals surface area contributed by atoms with Crippen LogP contribution >= 0.6 is 12.6 Å². The Labute approximate surface area is 101 Å². The summed E-state index contributed by atoms with van der Waals surface area (Å²) in [6, 6.07) is 0.479. The van der Waals surface area contributed by atoms with Gasteiger partial charge < -0.3 is 9.64 Å². The maximum atomic E-state index is 5.18. The van der Waals surface area contributed by atoms with Gasteiger partial charge in [-0.3, -0.25) is 0 Å². The first-order valence-electron chi connectivity index (χ1n) is 5.85. The molecule has 0 aliphatic carbocycles. The molecule has 0 aliphatic heterocycles. The predicted molar refractivity (Wildman–Crippen MR) is 70.8 cm³/mol. The van der Waals surface area contributed by atoms with Crippen LogP contribution in [-0.4, -0.2) is 44.0 Å². The minimum Gasteiger partial charge on any atom is -0.383 e. The normalized spacial score (nSPS) is 14.6. The van der Waals surface area contributed by atoms with E-state index in [0.717, 1.165) is 18.9 Å². The van der Waals surface area contributed by atoms with Crippen LogP contribution in [0, 0.1) is 5.41 Å². The van der Waals surface area contributed by atoms with Gasteiger partial charge in [0.05, 0.1) is 6.61 Å². The summed E-state index contributed by atoms with van der Waals surface area (Å²) in [6.45, 7) is 8.63. The maximum Gasteiger partial charge on any atom is 0.0615 e. The van der Waals surface area contributed by atoms with Gasteiger partial charge in [0, 0.05) is 19.7 Å². The van der Waals surface area contributed by atoms with Crippen LogP contribution < -0.4 is 0 Å². The van der Waals surface area contributed by atoms with Crippen LogP contribution in [0.4, 0.5) is 0 Å². The van der Waals surface area contributed by atoms with Crippen LogP contribution in [0.3, 0.4) is 0 Å².